The van der Waals surface area contributed by atoms with Crippen LogP contribution in [0, 0.1) is 6.92 Å². The van der Waals surface area contributed by atoms with E-state index in [9.17, 15) is 13.2 Å². The lowest BCUT2D eigenvalue weighted by molar-refractivity contribution is -0.119. The van der Waals surface area contributed by atoms with Crippen LogP contribution < -0.4 is 10.0 Å². The van der Waals surface area contributed by atoms with E-state index in [1.165, 1.54) is 6.07 Å². The Morgan fingerprint density at radius 2 is 2.17 bits per heavy atom. The van der Waals surface area contributed by atoms with Crippen molar-refractivity contribution in [2.24, 2.45) is 0 Å². The zero-order valence-corrected chi connectivity index (χ0v) is 11.3. The molecule has 1 fully saturated rings. The maximum absolute atomic E-state index is 12.2. The highest BCUT2D eigenvalue weighted by molar-refractivity contribution is 7.89. The van der Waals surface area contributed by atoms with Crippen LogP contribution in [0.25, 0.3) is 0 Å². The maximum atomic E-state index is 12.2. The minimum Gasteiger partial charge on any atom is -0.354 e. The molecule has 1 aliphatic rings. The van der Waals surface area contributed by atoms with Crippen molar-refractivity contribution in [1.29, 1.82) is 0 Å². The van der Waals surface area contributed by atoms with Crippen molar-refractivity contribution in [3.8, 4) is 0 Å². The van der Waals surface area contributed by atoms with Gasteiger partial charge in [-0.15, -0.1) is 0 Å². The van der Waals surface area contributed by atoms with Gasteiger partial charge in [-0.25, -0.2) is 13.1 Å². The van der Waals surface area contributed by atoms with Crippen LogP contribution in [0.2, 0.25) is 5.02 Å². The molecule has 0 radical (unpaired) electrons. The van der Waals surface area contributed by atoms with Crippen molar-refractivity contribution < 1.29 is 13.2 Å². The van der Waals surface area contributed by atoms with Crippen molar-refractivity contribution >= 4 is 27.5 Å². The molecule has 1 saturated heterocycles. The Hall–Kier alpha value is -1.11. The summed E-state index contributed by atoms with van der Waals surface area (Å²) in [5.41, 5.74) is 0.504. The molecule has 0 saturated carbocycles. The molecule has 1 atom stereocenters. The summed E-state index contributed by atoms with van der Waals surface area (Å²) in [4.78, 5) is 11.2. The second kappa shape index (κ2) is 4.87. The summed E-state index contributed by atoms with van der Waals surface area (Å²) < 4.78 is 26.8. The number of carbonyl (C=O) groups is 1. The molecule has 1 aromatic carbocycles. The van der Waals surface area contributed by atoms with Crippen LogP contribution in [0.15, 0.2) is 23.1 Å². The summed E-state index contributed by atoms with van der Waals surface area (Å²) >= 11 is 5.90. The number of benzene rings is 1. The van der Waals surface area contributed by atoms with Gasteiger partial charge in [-0.3, -0.25) is 4.79 Å². The molecule has 0 aliphatic carbocycles. The van der Waals surface area contributed by atoms with Crippen LogP contribution in [0.3, 0.4) is 0 Å². The number of rotatable bonds is 3. The van der Waals surface area contributed by atoms with E-state index in [4.69, 9.17) is 11.6 Å². The topological polar surface area (TPSA) is 75.3 Å². The molecule has 5 nitrogen and oxygen atoms in total. The molecule has 0 spiro atoms. The summed E-state index contributed by atoms with van der Waals surface area (Å²) in [6, 6.07) is 4.31. The van der Waals surface area contributed by atoms with Crippen molar-refractivity contribution in [3.63, 3.8) is 0 Å². The van der Waals surface area contributed by atoms with Gasteiger partial charge in [0.25, 0.3) is 0 Å². The zero-order valence-electron chi connectivity index (χ0n) is 9.73. The second-order valence-electron chi connectivity index (χ2n) is 4.19. The van der Waals surface area contributed by atoms with Crippen LogP contribution in [0.5, 0.6) is 0 Å². The Kier molecular flexibility index (Phi) is 3.61. The highest BCUT2D eigenvalue weighted by Crippen LogP contribution is 2.23. The normalized spacial score (nSPS) is 19.9. The summed E-state index contributed by atoms with van der Waals surface area (Å²) in [5.74, 6) is -0.148. The summed E-state index contributed by atoms with van der Waals surface area (Å²) in [6.07, 6.45) is 0.166. The van der Waals surface area contributed by atoms with Gasteiger partial charge in [0.2, 0.25) is 15.9 Å². The molecular weight excluding hydrogens is 276 g/mol. The Balaban J connectivity index is 2.26. The lowest BCUT2D eigenvalue weighted by atomic mass is 10.2. The van der Waals surface area contributed by atoms with Crippen LogP contribution in [-0.4, -0.2) is 26.9 Å². The van der Waals surface area contributed by atoms with Crippen molar-refractivity contribution in [3.05, 3.63) is 28.8 Å². The quantitative estimate of drug-likeness (QED) is 0.864. The Morgan fingerprint density at radius 1 is 1.44 bits per heavy atom. The van der Waals surface area contributed by atoms with Crippen molar-refractivity contribution in [2.75, 3.05) is 6.54 Å². The second-order valence-corrected chi connectivity index (χ2v) is 6.28. The van der Waals surface area contributed by atoms with Crippen LogP contribution in [0.1, 0.15) is 12.0 Å². The first-order valence-corrected chi connectivity index (χ1v) is 7.30. The fourth-order valence-electron chi connectivity index (χ4n) is 1.85. The molecule has 2 rings (SSSR count). The van der Waals surface area contributed by atoms with Gasteiger partial charge in [0.1, 0.15) is 0 Å². The van der Waals surface area contributed by atoms with E-state index in [2.05, 4.69) is 10.0 Å². The number of amides is 1. The lowest BCUT2D eigenvalue weighted by Crippen LogP contribution is -2.36. The van der Waals surface area contributed by atoms with Gasteiger partial charge in [0.15, 0.2) is 0 Å². The minimum absolute atomic E-state index is 0.148. The Labute approximate surface area is 111 Å². The highest BCUT2D eigenvalue weighted by atomic mass is 35.5. The summed E-state index contributed by atoms with van der Waals surface area (Å²) in [7, 11) is -3.65. The molecule has 1 aliphatic heterocycles. The monoisotopic (exact) mass is 288 g/mol. The molecule has 98 valence electrons. The third kappa shape index (κ3) is 2.66. The first-order valence-electron chi connectivity index (χ1n) is 5.44. The summed E-state index contributed by atoms with van der Waals surface area (Å²) in [5, 5.41) is 2.98. The molecule has 0 bridgehead atoms. The molecular formula is C11H13ClN2O3S. The number of hydrogen-bond acceptors (Lipinski definition) is 3. The highest BCUT2D eigenvalue weighted by Gasteiger charge is 2.27. The van der Waals surface area contributed by atoms with Gasteiger partial charge in [0, 0.05) is 24.0 Å². The number of halogens is 1. The van der Waals surface area contributed by atoms with E-state index >= 15 is 0 Å². The molecule has 1 amide bonds. The summed E-state index contributed by atoms with van der Waals surface area (Å²) in [6.45, 7) is 1.96. The molecule has 7 heteroatoms. The Morgan fingerprint density at radius 3 is 2.78 bits per heavy atom. The van der Waals surface area contributed by atoms with E-state index in [0.29, 0.717) is 17.1 Å². The van der Waals surface area contributed by atoms with Gasteiger partial charge in [-0.05, 0) is 24.6 Å². The zero-order chi connectivity index (χ0) is 13.3. The smallest absolute Gasteiger partial charge is 0.241 e. The van der Waals surface area contributed by atoms with E-state index in [0.717, 1.165) is 0 Å². The SMILES string of the molecule is Cc1c(Cl)cccc1S(=O)(=O)N[C@@H]1CNC(=O)C1. The van der Waals surface area contributed by atoms with Gasteiger partial charge in [0.05, 0.1) is 4.90 Å². The van der Waals surface area contributed by atoms with E-state index in [1.807, 2.05) is 0 Å². The van der Waals surface area contributed by atoms with Crippen LogP contribution in [-0.2, 0) is 14.8 Å². The first-order chi connectivity index (χ1) is 8.40. The fraction of sp³-hybridized carbons (Fsp3) is 0.364. The first kappa shape index (κ1) is 13.3. The third-order valence-corrected chi connectivity index (χ3v) is 4.88. The van der Waals surface area contributed by atoms with E-state index in [1.54, 1.807) is 19.1 Å². The lowest BCUT2D eigenvalue weighted by Gasteiger charge is -2.13. The van der Waals surface area contributed by atoms with Gasteiger partial charge >= 0.3 is 0 Å². The molecule has 2 N–H and O–H groups in total. The number of hydrogen-bond donors (Lipinski definition) is 2. The third-order valence-electron chi connectivity index (χ3n) is 2.81. The van der Waals surface area contributed by atoms with E-state index < -0.39 is 16.1 Å². The predicted octanol–water partition coefficient (Wildman–Crippen LogP) is 0.815. The average Bonchev–Trinajstić information content (AvgIpc) is 2.67. The van der Waals surface area contributed by atoms with Gasteiger partial charge in [-0.2, -0.15) is 0 Å². The number of carbonyl (C=O) groups excluding carboxylic acids is 1. The molecule has 0 aromatic heterocycles. The number of sulfonamides is 1. The molecule has 1 heterocycles. The maximum Gasteiger partial charge on any atom is 0.241 e. The molecule has 0 unspecified atom stereocenters. The van der Waals surface area contributed by atoms with Crippen molar-refractivity contribution in [1.82, 2.24) is 10.0 Å². The van der Waals surface area contributed by atoms with E-state index in [-0.39, 0.29) is 17.2 Å². The standard InChI is InChI=1S/C11H13ClN2O3S/c1-7-9(12)3-2-4-10(7)18(16,17)14-8-5-11(15)13-6-8/h2-4,8,14H,5-6H2,1H3,(H,13,15)/t8-/m0/s1. The number of nitrogens with one attached hydrogen (secondary N) is 2. The largest absolute Gasteiger partial charge is 0.354 e. The van der Waals surface area contributed by atoms with Gasteiger partial charge < -0.3 is 5.32 Å². The van der Waals surface area contributed by atoms with Gasteiger partial charge in [-0.1, -0.05) is 17.7 Å². The Bertz CT molecular complexity index is 586. The van der Waals surface area contributed by atoms with Crippen LogP contribution >= 0.6 is 11.6 Å². The average molecular weight is 289 g/mol. The minimum atomic E-state index is -3.65. The molecule has 1 aromatic rings. The predicted molar refractivity (Wildman–Crippen MR) is 67.9 cm³/mol. The fourth-order valence-corrected chi connectivity index (χ4v) is 3.58. The molecule has 18 heavy (non-hydrogen) atoms. The van der Waals surface area contributed by atoms with Crippen molar-refractivity contribution in [2.45, 2.75) is 24.3 Å². The van der Waals surface area contributed by atoms with Crippen LogP contribution in [0.4, 0.5) is 0 Å².